The maximum absolute atomic E-state index is 12.3. The van der Waals surface area contributed by atoms with Gasteiger partial charge in [0.1, 0.15) is 0 Å². The minimum atomic E-state index is -1.34. The van der Waals surface area contributed by atoms with Gasteiger partial charge in [-0.25, -0.2) is 0 Å². The van der Waals surface area contributed by atoms with Crippen molar-refractivity contribution in [2.45, 2.75) is 13.8 Å². The second-order valence-corrected chi connectivity index (χ2v) is 4.46. The lowest BCUT2D eigenvalue weighted by Gasteiger charge is -2.10. The van der Waals surface area contributed by atoms with Gasteiger partial charge < -0.3 is 9.90 Å². The summed E-state index contributed by atoms with van der Waals surface area (Å²) in [5.41, 5.74) is 2.65. The smallest absolute Gasteiger partial charge is 0.193 e. The zero-order valence-corrected chi connectivity index (χ0v) is 10.8. The molecule has 2 rings (SSSR count). The Morgan fingerprint density at radius 1 is 0.895 bits per heavy atom. The number of carboxylic acid groups (broad SMARTS) is 1. The van der Waals surface area contributed by atoms with Gasteiger partial charge >= 0.3 is 0 Å². The van der Waals surface area contributed by atoms with Gasteiger partial charge in [0.05, 0.1) is 5.97 Å². The van der Waals surface area contributed by atoms with E-state index in [0.717, 1.165) is 11.1 Å². The highest BCUT2D eigenvalue weighted by Gasteiger charge is 2.14. The molecular weight excluding hydrogens is 240 g/mol. The van der Waals surface area contributed by atoms with E-state index in [-0.39, 0.29) is 16.9 Å². The molecule has 3 heteroatoms. The van der Waals surface area contributed by atoms with E-state index in [4.69, 9.17) is 0 Å². The normalized spacial score (nSPS) is 10.2. The summed E-state index contributed by atoms with van der Waals surface area (Å²) >= 11 is 0. The molecule has 0 aliphatic rings. The van der Waals surface area contributed by atoms with Crippen LogP contribution in [0.2, 0.25) is 0 Å². The fraction of sp³-hybridized carbons (Fsp3) is 0.125. The minimum absolute atomic E-state index is 0.0780. The van der Waals surface area contributed by atoms with E-state index >= 15 is 0 Å². The van der Waals surface area contributed by atoms with Crippen molar-refractivity contribution in [1.82, 2.24) is 0 Å². The van der Waals surface area contributed by atoms with Gasteiger partial charge in [0, 0.05) is 16.7 Å². The van der Waals surface area contributed by atoms with Crippen LogP contribution in [0.3, 0.4) is 0 Å². The predicted molar refractivity (Wildman–Crippen MR) is 70.1 cm³/mol. The second-order valence-electron chi connectivity index (χ2n) is 4.46. The fourth-order valence-corrected chi connectivity index (χ4v) is 1.90. The lowest BCUT2D eigenvalue weighted by Crippen LogP contribution is -2.25. The Hall–Kier alpha value is -2.42. The minimum Gasteiger partial charge on any atom is -0.545 e. The Bertz CT molecular complexity index is 657. The SMILES string of the molecule is Cc1ccc(C(=O)c2ccccc2C(=O)[O-])cc1C. The van der Waals surface area contributed by atoms with Crippen LogP contribution in [0.4, 0.5) is 0 Å². The zero-order valence-electron chi connectivity index (χ0n) is 10.8. The van der Waals surface area contributed by atoms with Crippen molar-refractivity contribution in [1.29, 1.82) is 0 Å². The van der Waals surface area contributed by atoms with Crippen LogP contribution < -0.4 is 5.11 Å². The molecule has 2 aromatic carbocycles. The van der Waals surface area contributed by atoms with Crippen molar-refractivity contribution in [3.8, 4) is 0 Å². The molecule has 0 saturated heterocycles. The molecule has 2 aromatic rings. The number of carbonyl (C=O) groups is 2. The summed E-state index contributed by atoms with van der Waals surface area (Å²) in [5.74, 6) is -1.64. The van der Waals surface area contributed by atoms with Crippen LogP contribution >= 0.6 is 0 Å². The number of hydrogen-bond donors (Lipinski definition) is 0. The Morgan fingerprint density at radius 3 is 2.11 bits per heavy atom. The van der Waals surface area contributed by atoms with Crippen molar-refractivity contribution in [3.63, 3.8) is 0 Å². The summed E-state index contributed by atoms with van der Waals surface area (Å²) in [5, 5.41) is 11.0. The lowest BCUT2D eigenvalue weighted by molar-refractivity contribution is -0.255. The summed E-state index contributed by atoms with van der Waals surface area (Å²) in [4.78, 5) is 23.4. The average Bonchev–Trinajstić information content (AvgIpc) is 2.41. The molecule has 0 heterocycles. The van der Waals surface area contributed by atoms with Gasteiger partial charge in [0.25, 0.3) is 0 Å². The predicted octanol–water partition coefficient (Wildman–Crippen LogP) is 1.90. The Kier molecular flexibility index (Phi) is 3.47. The maximum Gasteiger partial charge on any atom is 0.193 e. The van der Waals surface area contributed by atoms with Gasteiger partial charge in [-0.1, -0.05) is 36.4 Å². The Morgan fingerprint density at radius 2 is 1.53 bits per heavy atom. The van der Waals surface area contributed by atoms with Gasteiger partial charge in [-0.05, 0) is 31.0 Å². The molecular formula is C16H13O3-. The van der Waals surface area contributed by atoms with Crippen molar-refractivity contribution < 1.29 is 14.7 Å². The molecule has 0 aromatic heterocycles. The maximum atomic E-state index is 12.3. The number of rotatable bonds is 3. The molecule has 19 heavy (non-hydrogen) atoms. The van der Waals surface area contributed by atoms with Crippen LogP contribution in [0.5, 0.6) is 0 Å². The molecule has 0 radical (unpaired) electrons. The monoisotopic (exact) mass is 253 g/mol. The molecule has 0 unspecified atom stereocenters. The van der Waals surface area contributed by atoms with Crippen molar-refractivity contribution in [2.24, 2.45) is 0 Å². The van der Waals surface area contributed by atoms with Gasteiger partial charge in [0.2, 0.25) is 0 Å². The summed E-state index contributed by atoms with van der Waals surface area (Å²) in [6.45, 7) is 3.87. The summed E-state index contributed by atoms with van der Waals surface area (Å²) in [6, 6.07) is 11.4. The molecule has 3 nitrogen and oxygen atoms in total. The van der Waals surface area contributed by atoms with Crippen LogP contribution in [0.15, 0.2) is 42.5 Å². The van der Waals surface area contributed by atoms with Crippen LogP contribution in [0, 0.1) is 13.8 Å². The zero-order chi connectivity index (χ0) is 14.0. The Labute approximate surface area is 111 Å². The van der Waals surface area contributed by atoms with E-state index < -0.39 is 5.97 Å². The lowest BCUT2D eigenvalue weighted by atomic mass is 9.96. The van der Waals surface area contributed by atoms with Crippen molar-refractivity contribution in [2.75, 3.05) is 0 Å². The molecule has 0 amide bonds. The van der Waals surface area contributed by atoms with E-state index in [1.807, 2.05) is 19.9 Å². The molecule has 0 atom stereocenters. The highest BCUT2D eigenvalue weighted by Crippen LogP contribution is 2.17. The summed E-state index contributed by atoms with van der Waals surface area (Å²) in [7, 11) is 0. The first-order valence-corrected chi connectivity index (χ1v) is 5.93. The van der Waals surface area contributed by atoms with Crippen LogP contribution in [0.25, 0.3) is 0 Å². The van der Waals surface area contributed by atoms with Crippen molar-refractivity contribution in [3.05, 3.63) is 70.3 Å². The molecule has 0 spiro atoms. The Balaban J connectivity index is 2.50. The van der Waals surface area contributed by atoms with Gasteiger partial charge in [-0.2, -0.15) is 0 Å². The molecule has 0 N–H and O–H groups in total. The highest BCUT2D eigenvalue weighted by atomic mass is 16.4. The number of aryl methyl sites for hydroxylation is 2. The third-order valence-electron chi connectivity index (χ3n) is 3.16. The second kappa shape index (κ2) is 5.06. The largest absolute Gasteiger partial charge is 0.545 e. The molecule has 0 saturated carbocycles. The third-order valence-corrected chi connectivity index (χ3v) is 3.16. The number of benzene rings is 2. The van der Waals surface area contributed by atoms with E-state index in [1.54, 1.807) is 24.3 Å². The van der Waals surface area contributed by atoms with Crippen molar-refractivity contribution >= 4 is 11.8 Å². The topological polar surface area (TPSA) is 57.2 Å². The number of carboxylic acids is 1. The van der Waals surface area contributed by atoms with E-state index in [2.05, 4.69) is 0 Å². The number of hydrogen-bond acceptors (Lipinski definition) is 3. The van der Waals surface area contributed by atoms with Gasteiger partial charge in [-0.15, -0.1) is 0 Å². The molecule has 0 aliphatic carbocycles. The standard InChI is InChI=1S/C16H14O3/c1-10-7-8-12(9-11(10)2)15(17)13-5-3-4-6-14(13)16(18)19/h3-9H,1-2H3,(H,18,19)/p-1. The first-order valence-electron chi connectivity index (χ1n) is 5.93. The van der Waals surface area contributed by atoms with Crippen LogP contribution in [-0.4, -0.2) is 11.8 Å². The van der Waals surface area contributed by atoms with E-state index in [9.17, 15) is 14.7 Å². The van der Waals surface area contributed by atoms with Gasteiger partial charge in [0.15, 0.2) is 5.78 Å². The average molecular weight is 253 g/mol. The third kappa shape index (κ3) is 2.55. The van der Waals surface area contributed by atoms with E-state index in [0.29, 0.717) is 5.56 Å². The highest BCUT2D eigenvalue weighted by molar-refractivity contribution is 6.14. The molecule has 0 bridgehead atoms. The first-order chi connectivity index (χ1) is 9.00. The number of ketones is 1. The fourth-order valence-electron chi connectivity index (χ4n) is 1.90. The summed E-state index contributed by atoms with van der Waals surface area (Å²) in [6.07, 6.45) is 0. The van der Waals surface area contributed by atoms with Crippen LogP contribution in [0.1, 0.15) is 37.4 Å². The first kappa shape index (κ1) is 13.0. The quantitative estimate of drug-likeness (QED) is 0.785. The van der Waals surface area contributed by atoms with E-state index in [1.165, 1.54) is 12.1 Å². The molecule has 0 aliphatic heterocycles. The molecule has 96 valence electrons. The summed E-state index contributed by atoms with van der Waals surface area (Å²) < 4.78 is 0. The van der Waals surface area contributed by atoms with Gasteiger partial charge in [-0.3, -0.25) is 4.79 Å². The number of aromatic carboxylic acids is 1. The molecule has 0 fully saturated rings. The number of carbonyl (C=O) groups excluding carboxylic acids is 2. The van der Waals surface area contributed by atoms with Crippen LogP contribution in [-0.2, 0) is 0 Å².